The molecule has 1 N–H and O–H groups in total. The molecule has 36 heavy (non-hydrogen) atoms. The Hall–Kier alpha value is -2.27. The minimum absolute atomic E-state index is 0.00783. The average molecular weight is 534 g/mol. The van der Waals surface area contributed by atoms with Crippen molar-refractivity contribution in [2.75, 3.05) is 25.0 Å². The average Bonchev–Trinajstić information content (AvgIpc) is 2.88. The van der Waals surface area contributed by atoms with Crippen molar-refractivity contribution >= 4 is 31.6 Å². The first kappa shape index (κ1) is 26.8. The summed E-state index contributed by atoms with van der Waals surface area (Å²) in [5.41, 5.74) is 0.602. The maximum atomic E-state index is 13.7. The van der Waals surface area contributed by atoms with Gasteiger partial charge < -0.3 is 5.32 Å². The number of amides is 1. The number of rotatable bonds is 8. The lowest BCUT2D eigenvalue weighted by Crippen LogP contribution is -2.45. The van der Waals surface area contributed by atoms with E-state index in [9.17, 15) is 21.6 Å². The van der Waals surface area contributed by atoms with E-state index >= 15 is 0 Å². The zero-order valence-corrected chi connectivity index (χ0v) is 22.3. The quantitative estimate of drug-likeness (QED) is 0.551. The van der Waals surface area contributed by atoms with E-state index in [0.29, 0.717) is 37.5 Å². The van der Waals surface area contributed by atoms with Crippen LogP contribution in [0.2, 0.25) is 0 Å². The first-order valence-electron chi connectivity index (χ1n) is 12.6. The molecule has 10 heteroatoms. The Morgan fingerprint density at radius 1 is 0.889 bits per heavy atom. The molecule has 1 saturated carbocycles. The third kappa shape index (κ3) is 6.16. The van der Waals surface area contributed by atoms with Crippen molar-refractivity contribution < 1.29 is 21.6 Å². The predicted molar refractivity (Wildman–Crippen MR) is 139 cm³/mol. The van der Waals surface area contributed by atoms with Gasteiger partial charge in [0.1, 0.15) is 0 Å². The van der Waals surface area contributed by atoms with Crippen molar-refractivity contribution in [1.29, 1.82) is 0 Å². The Kier molecular flexibility index (Phi) is 8.49. The Labute approximate surface area is 214 Å². The largest absolute Gasteiger partial charge is 0.325 e. The molecule has 8 nitrogen and oxygen atoms in total. The Balaban J connectivity index is 1.56. The monoisotopic (exact) mass is 533 g/mol. The summed E-state index contributed by atoms with van der Waals surface area (Å²) in [6.45, 7) is 2.67. The van der Waals surface area contributed by atoms with Crippen LogP contribution in [0.25, 0.3) is 0 Å². The van der Waals surface area contributed by atoms with Crippen LogP contribution in [0, 0.1) is 5.92 Å². The molecule has 0 spiro atoms. The molecule has 0 aromatic heterocycles. The molecule has 1 atom stereocenters. The lowest BCUT2D eigenvalue weighted by Gasteiger charge is -2.33. The van der Waals surface area contributed by atoms with Crippen LogP contribution in [0.15, 0.2) is 64.4 Å². The molecule has 2 aromatic carbocycles. The molecule has 0 bridgehead atoms. The standard InChI is InChI=1S/C26H35N3O5S2/c1-21-9-8-18-28(19-21)35(31,32)24-14-16-25(17-15-24)36(33,34)29(23-12-6-3-7-13-23)20-26(30)27-22-10-4-2-5-11-22/h2,4-5,10-11,14-17,21,23H,3,6-9,12-13,18-20H2,1H3,(H,27,30)/t21-/m1/s1. The van der Waals surface area contributed by atoms with E-state index in [1.54, 1.807) is 24.3 Å². The Bertz CT molecular complexity index is 1240. The summed E-state index contributed by atoms with van der Waals surface area (Å²) in [4.78, 5) is 12.9. The van der Waals surface area contributed by atoms with Crippen LogP contribution in [-0.4, -0.2) is 57.0 Å². The Morgan fingerprint density at radius 3 is 2.17 bits per heavy atom. The second-order valence-corrected chi connectivity index (χ2v) is 13.7. The van der Waals surface area contributed by atoms with Crippen LogP contribution in [0.5, 0.6) is 0 Å². The van der Waals surface area contributed by atoms with E-state index in [1.807, 2.05) is 13.0 Å². The summed E-state index contributed by atoms with van der Waals surface area (Å²) in [6, 6.07) is 14.1. The maximum Gasteiger partial charge on any atom is 0.243 e. The number of piperidine rings is 1. The van der Waals surface area contributed by atoms with E-state index in [-0.39, 0.29) is 22.4 Å². The highest BCUT2D eigenvalue weighted by atomic mass is 32.2. The topological polar surface area (TPSA) is 104 Å². The fourth-order valence-corrected chi connectivity index (χ4v) is 8.32. The number of benzene rings is 2. The highest BCUT2D eigenvalue weighted by Crippen LogP contribution is 2.29. The van der Waals surface area contributed by atoms with E-state index in [1.165, 1.54) is 32.9 Å². The first-order chi connectivity index (χ1) is 17.2. The van der Waals surface area contributed by atoms with Gasteiger partial charge in [-0.05, 0) is 68.0 Å². The molecule has 1 aliphatic heterocycles. The number of carbonyl (C=O) groups is 1. The number of hydrogen-bond donors (Lipinski definition) is 1. The minimum Gasteiger partial charge on any atom is -0.325 e. The summed E-state index contributed by atoms with van der Waals surface area (Å²) in [7, 11) is -7.71. The van der Waals surface area contributed by atoms with Crippen molar-refractivity contribution in [3.8, 4) is 0 Å². The summed E-state index contributed by atoms with van der Waals surface area (Å²) in [6.07, 6.45) is 6.05. The molecule has 1 saturated heterocycles. The Morgan fingerprint density at radius 2 is 1.53 bits per heavy atom. The maximum absolute atomic E-state index is 13.7. The third-order valence-corrected chi connectivity index (χ3v) is 10.8. The lowest BCUT2D eigenvalue weighted by molar-refractivity contribution is -0.116. The van der Waals surface area contributed by atoms with Crippen LogP contribution < -0.4 is 5.32 Å². The van der Waals surface area contributed by atoms with Gasteiger partial charge in [0, 0.05) is 24.8 Å². The zero-order valence-electron chi connectivity index (χ0n) is 20.7. The number of sulfonamides is 2. The molecule has 0 radical (unpaired) electrons. The van der Waals surface area contributed by atoms with Crippen molar-refractivity contribution in [2.24, 2.45) is 5.92 Å². The van der Waals surface area contributed by atoms with Gasteiger partial charge in [0.15, 0.2) is 0 Å². The minimum atomic E-state index is -4.02. The van der Waals surface area contributed by atoms with Crippen LogP contribution in [-0.2, 0) is 24.8 Å². The van der Waals surface area contributed by atoms with Gasteiger partial charge in [-0.15, -0.1) is 0 Å². The molecule has 1 aliphatic carbocycles. The summed E-state index contributed by atoms with van der Waals surface area (Å²) < 4.78 is 56.4. The summed E-state index contributed by atoms with van der Waals surface area (Å²) in [5.74, 6) is -0.118. The van der Waals surface area contributed by atoms with Gasteiger partial charge in [0.05, 0.1) is 16.3 Å². The summed E-state index contributed by atoms with van der Waals surface area (Å²) >= 11 is 0. The van der Waals surface area contributed by atoms with Gasteiger partial charge in [-0.1, -0.05) is 44.4 Å². The number of para-hydroxylation sites is 1. The van der Waals surface area contributed by atoms with Crippen molar-refractivity contribution in [2.45, 2.75) is 67.7 Å². The molecule has 2 aromatic rings. The molecule has 1 amide bonds. The lowest BCUT2D eigenvalue weighted by atomic mass is 9.95. The van der Waals surface area contributed by atoms with E-state index < -0.39 is 26.0 Å². The van der Waals surface area contributed by atoms with Crippen LogP contribution in [0.4, 0.5) is 5.69 Å². The van der Waals surface area contributed by atoms with Gasteiger partial charge in [-0.25, -0.2) is 16.8 Å². The molecule has 2 fully saturated rings. The number of carbonyl (C=O) groups excluding carboxylic acids is 1. The van der Waals surface area contributed by atoms with Gasteiger partial charge in [-0.3, -0.25) is 4.79 Å². The SMILES string of the molecule is C[C@@H]1CCCN(S(=O)(=O)c2ccc(S(=O)(=O)N(CC(=O)Nc3ccccc3)C3CCCCC3)cc2)C1. The number of hydrogen-bond acceptors (Lipinski definition) is 5. The van der Waals surface area contributed by atoms with Gasteiger partial charge in [0.25, 0.3) is 0 Å². The second-order valence-electron chi connectivity index (χ2n) is 9.84. The fourth-order valence-electron chi connectivity index (χ4n) is 5.08. The second kappa shape index (κ2) is 11.4. The summed E-state index contributed by atoms with van der Waals surface area (Å²) in [5, 5.41) is 2.77. The normalized spacial score (nSPS) is 20.3. The highest BCUT2D eigenvalue weighted by Gasteiger charge is 2.35. The van der Waals surface area contributed by atoms with E-state index in [4.69, 9.17) is 0 Å². The zero-order chi connectivity index (χ0) is 25.8. The molecule has 196 valence electrons. The smallest absolute Gasteiger partial charge is 0.243 e. The predicted octanol–water partition coefficient (Wildman–Crippen LogP) is 4.07. The van der Waals surface area contributed by atoms with Gasteiger partial charge in [0.2, 0.25) is 26.0 Å². The van der Waals surface area contributed by atoms with Crippen molar-refractivity contribution in [3.63, 3.8) is 0 Å². The van der Waals surface area contributed by atoms with E-state index in [2.05, 4.69) is 5.32 Å². The van der Waals surface area contributed by atoms with Crippen LogP contribution in [0.1, 0.15) is 51.9 Å². The number of nitrogens with zero attached hydrogens (tertiary/aromatic N) is 2. The van der Waals surface area contributed by atoms with Gasteiger partial charge in [-0.2, -0.15) is 8.61 Å². The fraction of sp³-hybridized carbons (Fsp3) is 0.500. The molecular weight excluding hydrogens is 498 g/mol. The molecular formula is C26H35N3O5S2. The van der Waals surface area contributed by atoms with Crippen LogP contribution >= 0.6 is 0 Å². The first-order valence-corrected chi connectivity index (χ1v) is 15.5. The number of anilines is 1. The molecule has 2 aliphatic rings. The third-order valence-electron chi connectivity index (χ3n) is 7.03. The van der Waals surface area contributed by atoms with Gasteiger partial charge >= 0.3 is 0 Å². The molecule has 0 unspecified atom stereocenters. The molecule has 4 rings (SSSR count). The van der Waals surface area contributed by atoms with Crippen molar-refractivity contribution in [1.82, 2.24) is 8.61 Å². The number of nitrogens with one attached hydrogen (secondary N) is 1. The molecule has 1 heterocycles. The van der Waals surface area contributed by atoms with Crippen molar-refractivity contribution in [3.05, 3.63) is 54.6 Å². The van der Waals surface area contributed by atoms with Crippen LogP contribution in [0.3, 0.4) is 0 Å². The van der Waals surface area contributed by atoms with E-state index in [0.717, 1.165) is 32.1 Å². The highest BCUT2D eigenvalue weighted by molar-refractivity contribution is 7.89.